The van der Waals surface area contributed by atoms with Gasteiger partial charge in [-0.2, -0.15) is 0 Å². The van der Waals surface area contributed by atoms with E-state index in [1.54, 1.807) is 0 Å². The number of hydrogen-bond donors (Lipinski definition) is 1. The average molecular weight is 253 g/mol. The van der Waals surface area contributed by atoms with Crippen LogP contribution in [0.3, 0.4) is 0 Å². The number of carbonyl (C=O) groups is 1. The summed E-state index contributed by atoms with van der Waals surface area (Å²) in [5.41, 5.74) is 6.82. The number of benzene rings is 1. The average Bonchev–Trinajstić information content (AvgIpc) is 2.47. The zero-order valence-electron chi connectivity index (χ0n) is 9.73. The number of nitrogens with zero attached hydrogens (tertiary/aromatic N) is 1. The molecule has 0 spiro atoms. The Kier molecular flexibility index (Phi) is 4.02. The molecule has 1 aromatic carbocycles. The Morgan fingerprint density at radius 2 is 2.12 bits per heavy atom. The molecule has 1 amide bonds. The SMILES string of the molecule is N[C@H]1CCCCN(Cc2ccccc2Cl)C1=O. The van der Waals surface area contributed by atoms with Gasteiger partial charge in [0.1, 0.15) is 0 Å². The topological polar surface area (TPSA) is 46.3 Å². The molecule has 4 heteroatoms. The molecule has 1 aliphatic rings. The smallest absolute Gasteiger partial charge is 0.239 e. The molecule has 2 rings (SSSR count). The largest absolute Gasteiger partial charge is 0.337 e. The molecule has 1 heterocycles. The second kappa shape index (κ2) is 5.52. The van der Waals surface area contributed by atoms with Crippen LogP contribution in [0.2, 0.25) is 5.02 Å². The van der Waals surface area contributed by atoms with Crippen LogP contribution in [-0.2, 0) is 11.3 Å². The maximum atomic E-state index is 12.0. The van der Waals surface area contributed by atoms with Crippen molar-refractivity contribution in [1.82, 2.24) is 4.90 Å². The minimum Gasteiger partial charge on any atom is -0.337 e. The van der Waals surface area contributed by atoms with E-state index in [0.29, 0.717) is 11.6 Å². The molecule has 1 saturated heterocycles. The molecular formula is C13H17ClN2O. The lowest BCUT2D eigenvalue weighted by atomic mass is 10.1. The van der Waals surface area contributed by atoms with E-state index in [1.165, 1.54) is 0 Å². The standard InChI is InChI=1S/C13H17ClN2O/c14-11-6-2-1-5-10(11)9-16-8-4-3-7-12(15)13(16)17/h1-2,5-6,12H,3-4,7-9,15H2/t12-/m0/s1. The van der Waals surface area contributed by atoms with Crippen LogP contribution in [-0.4, -0.2) is 23.4 Å². The van der Waals surface area contributed by atoms with Crippen molar-refractivity contribution in [1.29, 1.82) is 0 Å². The molecule has 1 aliphatic heterocycles. The van der Waals surface area contributed by atoms with E-state index in [0.717, 1.165) is 31.4 Å². The lowest BCUT2D eigenvalue weighted by Crippen LogP contribution is -2.41. The Balaban J connectivity index is 2.12. The van der Waals surface area contributed by atoms with Crippen LogP contribution in [0.5, 0.6) is 0 Å². The van der Waals surface area contributed by atoms with Gasteiger partial charge in [-0.1, -0.05) is 29.8 Å². The lowest BCUT2D eigenvalue weighted by molar-refractivity contribution is -0.132. The fraction of sp³-hybridized carbons (Fsp3) is 0.462. The van der Waals surface area contributed by atoms with Crippen LogP contribution in [0, 0.1) is 0 Å². The molecular weight excluding hydrogens is 236 g/mol. The number of likely N-dealkylation sites (tertiary alicyclic amines) is 1. The summed E-state index contributed by atoms with van der Waals surface area (Å²) in [5.74, 6) is 0.0439. The summed E-state index contributed by atoms with van der Waals surface area (Å²) in [5, 5.41) is 0.707. The summed E-state index contributed by atoms with van der Waals surface area (Å²) in [4.78, 5) is 13.8. The highest BCUT2D eigenvalue weighted by molar-refractivity contribution is 6.31. The summed E-state index contributed by atoms with van der Waals surface area (Å²) in [6, 6.07) is 7.27. The van der Waals surface area contributed by atoms with Crippen molar-refractivity contribution in [2.75, 3.05) is 6.54 Å². The maximum absolute atomic E-state index is 12.0. The third-order valence-corrected chi connectivity index (χ3v) is 3.51. The number of carbonyl (C=O) groups excluding carboxylic acids is 1. The summed E-state index contributed by atoms with van der Waals surface area (Å²) in [6.07, 6.45) is 2.83. The Morgan fingerprint density at radius 1 is 1.35 bits per heavy atom. The number of nitrogens with two attached hydrogens (primary N) is 1. The van der Waals surface area contributed by atoms with Crippen LogP contribution in [0.4, 0.5) is 0 Å². The molecule has 0 bridgehead atoms. The second-order valence-corrected chi connectivity index (χ2v) is 4.86. The fourth-order valence-corrected chi connectivity index (χ4v) is 2.32. The molecule has 1 fully saturated rings. The first-order valence-electron chi connectivity index (χ1n) is 5.96. The molecule has 17 heavy (non-hydrogen) atoms. The first-order chi connectivity index (χ1) is 8.18. The Morgan fingerprint density at radius 3 is 2.88 bits per heavy atom. The quantitative estimate of drug-likeness (QED) is 0.877. The van der Waals surface area contributed by atoms with Crippen molar-refractivity contribution in [2.24, 2.45) is 5.73 Å². The lowest BCUT2D eigenvalue weighted by Gasteiger charge is -2.23. The minimum absolute atomic E-state index is 0.0439. The van der Waals surface area contributed by atoms with Gasteiger partial charge in [-0.15, -0.1) is 0 Å². The minimum atomic E-state index is -0.347. The zero-order chi connectivity index (χ0) is 12.3. The molecule has 3 nitrogen and oxygen atoms in total. The molecule has 0 aromatic heterocycles. The van der Waals surface area contributed by atoms with Gasteiger partial charge in [0.2, 0.25) is 5.91 Å². The van der Waals surface area contributed by atoms with Gasteiger partial charge >= 0.3 is 0 Å². The van der Waals surface area contributed by atoms with Gasteiger partial charge in [0.05, 0.1) is 6.04 Å². The molecule has 92 valence electrons. The molecule has 0 radical (unpaired) electrons. The predicted octanol–water partition coefficient (Wildman–Crippen LogP) is 2.18. The van der Waals surface area contributed by atoms with Crippen molar-refractivity contribution in [2.45, 2.75) is 31.8 Å². The van der Waals surface area contributed by atoms with E-state index in [9.17, 15) is 4.79 Å². The van der Waals surface area contributed by atoms with Crippen molar-refractivity contribution in [3.05, 3.63) is 34.9 Å². The highest BCUT2D eigenvalue weighted by atomic mass is 35.5. The van der Waals surface area contributed by atoms with Crippen LogP contribution in [0.15, 0.2) is 24.3 Å². The van der Waals surface area contributed by atoms with Crippen LogP contribution in [0.25, 0.3) is 0 Å². The number of halogens is 1. The van der Waals surface area contributed by atoms with Crippen molar-refractivity contribution in [3.8, 4) is 0 Å². The van der Waals surface area contributed by atoms with Crippen molar-refractivity contribution in [3.63, 3.8) is 0 Å². The molecule has 0 aliphatic carbocycles. The monoisotopic (exact) mass is 252 g/mol. The molecule has 0 unspecified atom stereocenters. The summed E-state index contributed by atoms with van der Waals surface area (Å²) >= 11 is 6.10. The summed E-state index contributed by atoms with van der Waals surface area (Å²) in [6.45, 7) is 1.34. The van der Waals surface area contributed by atoms with E-state index < -0.39 is 0 Å². The Hall–Kier alpha value is -1.06. The summed E-state index contributed by atoms with van der Waals surface area (Å²) in [7, 11) is 0. The third-order valence-electron chi connectivity index (χ3n) is 3.14. The van der Waals surface area contributed by atoms with Crippen molar-refractivity contribution < 1.29 is 4.79 Å². The van der Waals surface area contributed by atoms with E-state index >= 15 is 0 Å². The number of amides is 1. The molecule has 1 atom stereocenters. The Labute approximate surface area is 107 Å². The van der Waals surface area contributed by atoms with E-state index in [2.05, 4.69) is 0 Å². The van der Waals surface area contributed by atoms with E-state index in [4.69, 9.17) is 17.3 Å². The first-order valence-corrected chi connectivity index (χ1v) is 6.34. The van der Waals surface area contributed by atoms with Gasteiger partial charge in [-0.25, -0.2) is 0 Å². The number of rotatable bonds is 2. The van der Waals surface area contributed by atoms with Crippen LogP contribution >= 0.6 is 11.6 Å². The normalized spacial score (nSPS) is 21.4. The second-order valence-electron chi connectivity index (χ2n) is 4.45. The van der Waals surface area contributed by atoms with Gasteiger partial charge < -0.3 is 10.6 Å². The fourth-order valence-electron chi connectivity index (χ4n) is 2.12. The first kappa shape index (κ1) is 12.4. The van der Waals surface area contributed by atoms with Gasteiger partial charge in [0, 0.05) is 18.1 Å². The Bertz CT molecular complexity index is 408. The van der Waals surface area contributed by atoms with Crippen LogP contribution < -0.4 is 5.73 Å². The summed E-state index contributed by atoms with van der Waals surface area (Å²) < 4.78 is 0. The highest BCUT2D eigenvalue weighted by Gasteiger charge is 2.24. The van der Waals surface area contributed by atoms with Gasteiger partial charge in [0.15, 0.2) is 0 Å². The maximum Gasteiger partial charge on any atom is 0.239 e. The van der Waals surface area contributed by atoms with E-state index in [1.807, 2.05) is 29.2 Å². The number of hydrogen-bond acceptors (Lipinski definition) is 2. The van der Waals surface area contributed by atoms with Gasteiger partial charge in [0.25, 0.3) is 0 Å². The third kappa shape index (κ3) is 2.99. The van der Waals surface area contributed by atoms with Crippen LogP contribution in [0.1, 0.15) is 24.8 Å². The molecule has 1 aromatic rings. The van der Waals surface area contributed by atoms with Gasteiger partial charge in [-0.3, -0.25) is 4.79 Å². The zero-order valence-corrected chi connectivity index (χ0v) is 10.5. The van der Waals surface area contributed by atoms with E-state index in [-0.39, 0.29) is 11.9 Å². The molecule has 0 saturated carbocycles. The van der Waals surface area contributed by atoms with Gasteiger partial charge in [-0.05, 0) is 30.9 Å². The van der Waals surface area contributed by atoms with Crippen molar-refractivity contribution >= 4 is 17.5 Å². The predicted molar refractivity (Wildman–Crippen MR) is 68.7 cm³/mol. The molecule has 2 N–H and O–H groups in total. The highest BCUT2D eigenvalue weighted by Crippen LogP contribution is 2.19.